The van der Waals surface area contributed by atoms with Crippen LogP contribution in [-0.4, -0.2) is 41.6 Å². The molecule has 4 rings (SSSR count). The molecule has 0 spiro atoms. The lowest BCUT2D eigenvalue weighted by atomic mass is 9.92. The number of aryl methyl sites for hydroxylation is 1. The van der Waals surface area contributed by atoms with E-state index in [4.69, 9.17) is 9.15 Å². The molecule has 4 aromatic rings. The van der Waals surface area contributed by atoms with Crippen molar-refractivity contribution >= 4 is 23.6 Å². The second-order valence-corrected chi connectivity index (χ2v) is 10.3. The van der Waals surface area contributed by atoms with Crippen molar-refractivity contribution in [1.82, 2.24) is 5.32 Å². The average Bonchev–Trinajstić information content (AvgIpc) is 3.44. The van der Waals surface area contributed by atoms with Gasteiger partial charge in [0.1, 0.15) is 29.5 Å². The largest absolute Gasteiger partial charge is 0.480 e. The molecule has 208 valence electrons. The van der Waals surface area contributed by atoms with Gasteiger partial charge in [0.2, 0.25) is 0 Å². The molecule has 0 saturated heterocycles. The van der Waals surface area contributed by atoms with Crippen LogP contribution in [0.2, 0.25) is 0 Å². The molecule has 1 amide bonds. The molecule has 6 nitrogen and oxygen atoms in total. The lowest BCUT2D eigenvalue weighted by molar-refractivity contribution is -0.139. The van der Waals surface area contributed by atoms with Gasteiger partial charge in [0.05, 0.1) is 0 Å². The first-order chi connectivity index (χ1) is 19.3. The Morgan fingerprint density at radius 2 is 1.77 bits per heavy atom. The van der Waals surface area contributed by atoms with E-state index in [2.05, 4.69) is 5.32 Å². The standard InChI is InChI=1S/C32H32FNO5S/c1-4-38-30(29-16-15-28(39-29)21-9-12-23(33)13-10-21)22-11-14-25(26(19-22)24-8-6-5-7-20(24)2)31(35)34-27(32(36)37)17-18-40-3/h5-16,19,27,30H,4,17-18H2,1-3H3,(H,34,35)(H,36,37). The third-order valence-corrected chi connectivity index (χ3v) is 7.23. The molecule has 0 aliphatic rings. The van der Waals surface area contributed by atoms with E-state index in [1.807, 2.05) is 62.6 Å². The molecule has 3 aromatic carbocycles. The Labute approximate surface area is 237 Å². The van der Waals surface area contributed by atoms with E-state index in [9.17, 15) is 19.1 Å². The quantitative estimate of drug-likeness (QED) is 0.191. The maximum atomic E-state index is 13.4. The molecule has 0 bridgehead atoms. The molecule has 0 saturated carbocycles. The fourth-order valence-corrected chi connectivity index (χ4v) is 4.99. The smallest absolute Gasteiger partial charge is 0.326 e. The second-order valence-electron chi connectivity index (χ2n) is 9.31. The summed E-state index contributed by atoms with van der Waals surface area (Å²) in [7, 11) is 0. The Balaban J connectivity index is 1.74. The van der Waals surface area contributed by atoms with Crippen molar-refractivity contribution in [1.29, 1.82) is 0 Å². The summed E-state index contributed by atoms with van der Waals surface area (Å²) in [5, 5.41) is 12.4. The van der Waals surface area contributed by atoms with Crippen molar-refractivity contribution in [3.63, 3.8) is 0 Å². The zero-order chi connectivity index (χ0) is 28.6. The number of rotatable bonds is 12. The number of aliphatic carboxylic acids is 1. The van der Waals surface area contributed by atoms with Gasteiger partial charge < -0.3 is 19.6 Å². The topological polar surface area (TPSA) is 88.8 Å². The fraction of sp³-hybridized carbons (Fsp3) is 0.250. The van der Waals surface area contributed by atoms with E-state index >= 15 is 0 Å². The van der Waals surface area contributed by atoms with Crippen molar-refractivity contribution in [2.45, 2.75) is 32.4 Å². The second kappa shape index (κ2) is 13.5. The van der Waals surface area contributed by atoms with Crippen LogP contribution in [0.25, 0.3) is 22.5 Å². The summed E-state index contributed by atoms with van der Waals surface area (Å²) < 4.78 is 25.7. The van der Waals surface area contributed by atoms with Crippen LogP contribution in [-0.2, 0) is 9.53 Å². The zero-order valence-electron chi connectivity index (χ0n) is 22.6. The third kappa shape index (κ3) is 6.81. The van der Waals surface area contributed by atoms with Gasteiger partial charge >= 0.3 is 5.97 Å². The third-order valence-electron chi connectivity index (χ3n) is 6.59. The van der Waals surface area contributed by atoms with E-state index in [0.717, 1.165) is 22.3 Å². The lowest BCUT2D eigenvalue weighted by Crippen LogP contribution is -2.41. The average molecular weight is 562 g/mol. The minimum absolute atomic E-state index is 0.321. The van der Waals surface area contributed by atoms with Crippen LogP contribution < -0.4 is 5.32 Å². The molecule has 2 unspecified atom stereocenters. The Morgan fingerprint density at radius 1 is 1.02 bits per heavy atom. The number of amides is 1. The van der Waals surface area contributed by atoms with Crippen molar-refractivity contribution in [2.75, 3.05) is 18.6 Å². The molecule has 0 fully saturated rings. The Morgan fingerprint density at radius 3 is 2.45 bits per heavy atom. The maximum Gasteiger partial charge on any atom is 0.326 e. The van der Waals surface area contributed by atoms with Gasteiger partial charge in [-0.05, 0) is 103 Å². The maximum absolute atomic E-state index is 13.4. The van der Waals surface area contributed by atoms with Crippen molar-refractivity contribution in [2.24, 2.45) is 0 Å². The Hall–Kier alpha value is -3.88. The summed E-state index contributed by atoms with van der Waals surface area (Å²) in [4.78, 5) is 25.2. The molecular formula is C32H32FNO5S. The predicted molar refractivity (Wildman–Crippen MR) is 156 cm³/mol. The SMILES string of the molecule is CCOC(c1ccc(C(=O)NC(CCSC)C(=O)O)c(-c2ccccc2C)c1)c1ccc(-c2ccc(F)cc2)o1. The molecule has 2 N–H and O–H groups in total. The molecule has 0 aliphatic carbocycles. The molecule has 0 aliphatic heterocycles. The fourth-order valence-electron chi connectivity index (χ4n) is 4.52. The van der Waals surface area contributed by atoms with Gasteiger partial charge in [-0.1, -0.05) is 30.3 Å². The number of hydrogen-bond donors (Lipinski definition) is 2. The van der Waals surface area contributed by atoms with E-state index < -0.39 is 24.0 Å². The molecule has 0 radical (unpaired) electrons. The minimum atomic E-state index is -1.07. The summed E-state index contributed by atoms with van der Waals surface area (Å²) in [6, 6.07) is 21.8. The highest BCUT2D eigenvalue weighted by atomic mass is 32.2. The van der Waals surface area contributed by atoms with Crippen LogP contribution in [0.4, 0.5) is 4.39 Å². The first kappa shape index (κ1) is 29.1. The number of carboxylic acids is 1. The van der Waals surface area contributed by atoms with Crippen molar-refractivity contribution in [3.8, 4) is 22.5 Å². The minimum Gasteiger partial charge on any atom is -0.480 e. The van der Waals surface area contributed by atoms with Gasteiger partial charge in [0, 0.05) is 17.7 Å². The first-order valence-corrected chi connectivity index (χ1v) is 14.4. The first-order valence-electron chi connectivity index (χ1n) is 13.0. The van der Waals surface area contributed by atoms with Crippen LogP contribution in [0.1, 0.15) is 46.7 Å². The number of halogens is 1. The number of carbonyl (C=O) groups is 2. The summed E-state index contributed by atoms with van der Waals surface area (Å²) in [6.07, 6.45) is 1.65. The van der Waals surface area contributed by atoms with Gasteiger partial charge in [-0.15, -0.1) is 0 Å². The molecule has 1 heterocycles. The monoisotopic (exact) mass is 561 g/mol. The van der Waals surface area contributed by atoms with Gasteiger partial charge in [-0.25, -0.2) is 9.18 Å². The van der Waals surface area contributed by atoms with Crippen LogP contribution in [0.15, 0.2) is 83.3 Å². The van der Waals surface area contributed by atoms with Crippen molar-refractivity contribution in [3.05, 3.63) is 107 Å². The summed E-state index contributed by atoms with van der Waals surface area (Å²) in [6.45, 7) is 4.26. The number of thioether (sulfide) groups is 1. The molecule has 40 heavy (non-hydrogen) atoms. The lowest BCUT2D eigenvalue weighted by Gasteiger charge is -2.20. The number of carboxylic acid groups (broad SMARTS) is 1. The Bertz CT molecular complexity index is 1470. The highest BCUT2D eigenvalue weighted by Gasteiger charge is 2.25. The number of benzene rings is 3. The van der Waals surface area contributed by atoms with E-state index in [-0.39, 0.29) is 5.82 Å². The number of hydrogen-bond acceptors (Lipinski definition) is 5. The van der Waals surface area contributed by atoms with Crippen LogP contribution in [0.3, 0.4) is 0 Å². The van der Waals surface area contributed by atoms with Crippen LogP contribution >= 0.6 is 11.8 Å². The van der Waals surface area contributed by atoms with E-state index in [0.29, 0.717) is 41.4 Å². The summed E-state index contributed by atoms with van der Waals surface area (Å²) in [5.74, 6) is -0.0863. The normalized spacial score (nSPS) is 12.6. The van der Waals surface area contributed by atoms with Gasteiger partial charge in [0.15, 0.2) is 0 Å². The van der Waals surface area contributed by atoms with Gasteiger partial charge in [0.25, 0.3) is 5.91 Å². The summed E-state index contributed by atoms with van der Waals surface area (Å²) in [5.41, 5.74) is 4.37. The van der Waals surface area contributed by atoms with E-state index in [1.54, 1.807) is 24.3 Å². The van der Waals surface area contributed by atoms with Crippen LogP contribution in [0, 0.1) is 12.7 Å². The van der Waals surface area contributed by atoms with Gasteiger partial charge in [-0.2, -0.15) is 11.8 Å². The highest BCUT2D eigenvalue weighted by Crippen LogP contribution is 2.35. The number of furan rings is 1. The van der Waals surface area contributed by atoms with Crippen LogP contribution in [0.5, 0.6) is 0 Å². The Kier molecular flexibility index (Phi) is 9.79. The van der Waals surface area contributed by atoms with Crippen molar-refractivity contribution < 1.29 is 28.2 Å². The number of carbonyl (C=O) groups excluding carboxylic acids is 1. The van der Waals surface area contributed by atoms with Gasteiger partial charge in [-0.3, -0.25) is 4.79 Å². The molecule has 1 aromatic heterocycles. The summed E-state index contributed by atoms with van der Waals surface area (Å²) >= 11 is 1.53. The predicted octanol–water partition coefficient (Wildman–Crippen LogP) is 7.12. The molecule has 2 atom stereocenters. The van der Waals surface area contributed by atoms with E-state index in [1.165, 1.54) is 23.9 Å². The number of ether oxygens (including phenoxy) is 1. The molecular weight excluding hydrogens is 529 g/mol. The molecule has 8 heteroatoms. The zero-order valence-corrected chi connectivity index (χ0v) is 23.5. The highest BCUT2D eigenvalue weighted by molar-refractivity contribution is 7.98. The number of nitrogens with one attached hydrogen (secondary N) is 1.